The van der Waals surface area contributed by atoms with Gasteiger partial charge in [-0.05, 0) is 68.6 Å². The molecule has 21 heavy (non-hydrogen) atoms. The van der Waals surface area contributed by atoms with Crippen molar-refractivity contribution in [2.24, 2.45) is 0 Å². The van der Waals surface area contributed by atoms with Crippen LogP contribution in [0.25, 0.3) is 0 Å². The second-order valence-electron chi connectivity index (χ2n) is 4.39. The molecule has 6 heteroatoms. The van der Waals surface area contributed by atoms with Gasteiger partial charge in [-0.2, -0.15) is 0 Å². The van der Waals surface area contributed by atoms with E-state index in [1.165, 1.54) is 0 Å². The summed E-state index contributed by atoms with van der Waals surface area (Å²) < 4.78 is 12.5. The molecule has 1 atom stereocenters. The summed E-state index contributed by atoms with van der Waals surface area (Å²) in [5.74, 6) is 1.82. The van der Waals surface area contributed by atoms with Crippen molar-refractivity contribution in [3.05, 3.63) is 49.9 Å². The molecule has 0 radical (unpaired) electrons. The molecule has 3 nitrogen and oxygen atoms in total. The fourth-order valence-corrected chi connectivity index (χ4v) is 2.84. The van der Waals surface area contributed by atoms with E-state index in [1.807, 2.05) is 0 Å². The van der Waals surface area contributed by atoms with E-state index in [1.54, 1.807) is 44.4 Å². The van der Waals surface area contributed by atoms with Gasteiger partial charge in [-0.25, -0.2) is 0 Å². The van der Waals surface area contributed by atoms with Crippen LogP contribution in [0.5, 0.6) is 17.2 Å². The molecule has 0 saturated heterocycles. The third-order valence-corrected chi connectivity index (χ3v) is 4.40. The average Bonchev–Trinajstić information content (AvgIpc) is 2.44. The monoisotopic (exact) mass is 434 g/mol. The van der Waals surface area contributed by atoms with Crippen LogP contribution in [0.1, 0.15) is 18.6 Å². The van der Waals surface area contributed by atoms with Crippen molar-refractivity contribution in [3.63, 3.8) is 0 Å². The Morgan fingerprint density at radius 2 is 1.67 bits per heavy atom. The molecule has 0 bridgehead atoms. The minimum atomic E-state index is -0.571. The van der Waals surface area contributed by atoms with E-state index in [0.29, 0.717) is 22.3 Å². The highest BCUT2D eigenvalue weighted by atomic mass is 79.9. The Labute approximate surface area is 145 Å². The highest BCUT2D eigenvalue weighted by Gasteiger charge is 2.12. The van der Waals surface area contributed by atoms with Crippen LogP contribution in [-0.4, -0.2) is 12.2 Å². The Morgan fingerprint density at radius 1 is 1.05 bits per heavy atom. The van der Waals surface area contributed by atoms with Gasteiger partial charge in [-0.1, -0.05) is 17.7 Å². The molecule has 0 spiro atoms. The van der Waals surface area contributed by atoms with Gasteiger partial charge in [-0.3, -0.25) is 0 Å². The van der Waals surface area contributed by atoms with Gasteiger partial charge in [-0.15, -0.1) is 0 Å². The van der Waals surface area contributed by atoms with Gasteiger partial charge in [0.1, 0.15) is 17.2 Å². The summed E-state index contributed by atoms with van der Waals surface area (Å²) in [6.45, 7) is 1.68. The zero-order valence-corrected chi connectivity index (χ0v) is 15.3. The number of hydrogen-bond donors (Lipinski definition) is 1. The van der Waals surface area contributed by atoms with Gasteiger partial charge < -0.3 is 14.6 Å². The molecule has 0 saturated carbocycles. The Bertz CT molecular complexity index is 660. The lowest BCUT2D eigenvalue weighted by Crippen LogP contribution is -1.93. The molecule has 0 heterocycles. The van der Waals surface area contributed by atoms with Crippen LogP contribution in [0.4, 0.5) is 0 Å². The molecule has 1 N–H and O–H groups in total. The first-order chi connectivity index (χ1) is 9.92. The van der Waals surface area contributed by atoms with Crippen molar-refractivity contribution >= 4 is 43.5 Å². The van der Waals surface area contributed by atoms with E-state index < -0.39 is 6.10 Å². The quantitative estimate of drug-likeness (QED) is 0.666. The van der Waals surface area contributed by atoms with E-state index in [4.69, 9.17) is 21.1 Å². The van der Waals surface area contributed by atoms with Crippen LogP contribution < -0.4 is 9.47 Å². The second kappa shape index (κ2) is 7.01. The normalized spacial score (nSPS) is 12.1. The highest BCUT2D eigenvalue weighted by Crippen LogP contribution is 2.40. The third-order valence-electron chi connectivity index (χ3n) is 2.86. The summed E-state index contributed by atoms with van der Waals surface area (Å²) in [6.07, 6.45) is -0.571. The highest BCUT2D eigenvalue weighted by molar-refractivity contribution is 9.11. The molecule has 0 amide bonds. The number of rotatable bonds is 4. The van der Waals surface area contributed by atoms with Crippen molar-refractivity contribution in [1.82, 2.24) is 0 Å². The number of aliphatic hydroxyl groups excluding tert-OH is 1. The van der Waals surface area contributed by atoms with Crippen LogP contribution in [0.15, 0.2) is 39.3 Å². The Balaban J connectivity index is 2.32. The molecule has 0 unspecified atom stereocenters. The van der Waals surface area contributed by atoms with Gasteiger partial charge in [0.05, 0.1) is 27.2 Å². The van der Waals surface area contributed by atoms with Crippen molar-refractivity contribution in [1.29, 1.82) is 0 Å². The van der Waals surface area contributed by atoms with E-state index >= 15 is 0 Å². The zero-order valence-electron chi connectivity index (χ0n) is 11.4. The number of halogens is 3. The van der Waals surface area contributed by atoms with Crippen LogP contribution in [0, 0.1) is 0 Å². The molecule has 0 aromatic heterocycles. The minimum absolute atomic E-state index is 0.437. The molecular formula is C15H13Br2ClO3. The first-order valence-electron chi connectivity index (χ1n) is 6.10. The van der Waals surface area contributed by atoms with Crippen molar-refractivity contribution < 1.29 is 14.6 Å². The zero-order chi connectivity index (χ0) is 15.6. The lowest BCUT2D eigenvalue weighted by Gasteiger charge is -2.13. The number of aliphatic hydroxyl groups is 1. The fourth-order valence-electron chi connectivity index (χ4n) is 1.72. The molecule has 2 rings (SSSR count). The largest absolute Gasteiger partial charge is 0.496 e. The maximum Gasteiger partial charge on any atom is 0.146 e. The minimum Gasteiger partial charge on any atom is -0.496 e. The first-order valence-corrected chi connectivity index (χ1v) is 8.07. The lowest BCUT2D eigenvalue weighted by atomic mass is 10.1. The molecule has 0 fully saturated rings. The first kappa shape index (κ1) is 16.6. The van der Waals surface area contributed by atoms with Gasteiger partial charge in [0.2, 0.25) is 0 Å². The van der Waals surface area contributed by atoms with Crippen LogP contribution >= 0.6 is 43.5 Å². The Morgan fingerprint density at radius 3 is 2.24 bits per heavy atom. The predicted molar refractivity (Wildman–Crippen MR) is 90.6 cm³/mol. The summed E-state index contributed by atoms with van der Waals surface area (Å²) in [4.78, 5) is 0. The summed E-state index contributed by atoms with van der Waals surface area (Å²) in [6, 6.07) is 8.79. The van der Waals surface area contributed by atoms with Crippen molar-refractivity contribution in [2.75, 3.05) is 7.11 Å². The summed E-state index contributed by atoms with van der Waals surface area (Å²) in [5.41, 5.74) is 0.738. The van der Waals surface area contributed by atoms with Crippen LogP contribution in [-0.2, 0) is 0 Å². The molecule has 0 aliphatic carbocycles. The topological polar surface area (TPSA) is 38.7 Å². The maximum absolute atomic E-state index is 9.54. The summed E-state index contributed by atoms with van der Waals surface area (Å²) >= 11 is 13.0. The standard InChI is InChI=1S/C15H13Br2ClO3/c1-8(19)9-3-4-13(12(18)5-9)21-15-7-10(16)14(20-2)6-11(15)17/h3-8,19H,1-2H3/t8-/m0/s1. The van der Waals surface area contributed by atoms with Gasteiger partial charge >= 0.3 is 0 Å². The average molecular weight is 437 g/mol. The summed E-state index contributed by atoms with van der Waals surface area (Å²) in [7, 11) is 1.60. The lowest BCUT2D eigenvalue weighted by molar-refractivity contribution is 0.199. The molecule has 0 aliphatic heterocycles. The number of methoxy groups -OCH3 is 1. The molecule has 2 aromatic carbocycles. The van der Waals surface area contributed by atoms with Gasteiger partial charge in [0, 0.05) is 0 Å². The van der Waals surface area contributed by atoms with E-state index in [0.717, 1.165) is 14.5 Å². The molecule has 112 valence electrons. The maximum atomic E-state index is 9.54. The van der Waals surface area contributed by atoms with Gasteiger partial charge in [0.15, 0.2) is 0 Å². The number of benzene rings is 2. The SMILES string of the molecule is COc1cc(Br)c(Oc2ccc([C@H](C)O)cc2Cl)cc1Br. The van der Waals surface area contributed by atoms with E-state index in [-0.39, 0.29) is 0 Å². The van der Waals surface area contributed by atoms with Crippen molar-refractivity contribution in [2.45, 2.75) is 13.0 Å². The van der Waals surface area contributed by atoms with Gasteiger partial charge in [0.25, 0.3) is 0 Å². The van der Waals surface area contributed by atoms with Crippen LogP contribution in [0.3, 0.4) is 0 Å². The molecule has 0 aliphatic rings. The smallest absolute Gasteiger partial charge is 0.146 e. The van der Waals surface area contributed by atoms with Crippen LogP contribution in [0.2, 0.25) is 5.02 Å². The van der Waals surface area contributed by atoms with Crippen molar-refractivity contribution in [3.8, 4) is 17.2 Å². The van der Waals surface area contributed by atoms with E-state index in [9.17, 15) is 5.11 Å². The molecule has 2 aromatic rings. The third kappa shape index (κ3) is 3.92. The fraction of sp³-hybridized carbons (Fsp3) is 0.200. The number of ether oxygens (including phenoxy) is 2. The second-order valence-corrected chi connectivity index (χ2v) is 6.50. The Kier molecular flexibility index (Phi) is 5.54. The Hall–Kier alpha value is -0.750. The number of hydrogen-bond acceptors (Lipinski definition) is 3. The van der Waals surface area contributed by atoms with E-state index in [2.05, 4.69) is 31.9 Å². The predicted octanol–water partition coefficient (Wildman–Crippen LogP) is 5.72. The molecular weight excluding hydrogens is 423 g/mol. The summed E-state index contributed by atoms with van der Waals surface area (Å²) in [5, 5.41) is 9.98.